The lowest BCUT2D eigenvalue weighted by Gasteiger charge is -2.49. The minimum Gasteiger partial charge on any atom is -0.404 e. The Labute approximate surface area is 178 Å². The highest BCUT2D eigenvalue weighted by atomic mass is 35.5. The molecule has 1 spiro atoms. The summed E-state index contributed by atoms with van der Waals surface area (Å²) < 4.78 is 47.3. The molecule has 0 unspecified atom stereocenters. The number of hydrogen-bond donors (Lipinski definition) is 2. The quantitative estimate of drug-likeness (QED) is 0.694. The van der Waals surface area contributed by atoms with Crippen LogP contribution in [0.15, 0.2) is 27.6 Å². The molecule has 0 saturated carbocycles. The van der Waals surface area contributed by atoms with E-state index in [1.54, 1.807) is 0 Å². The van der Waals surface area contributed by atoms with Crippen molar-refractivity contribution in [3.05, 3.63) is 27.8 Å². The lowest BCUT2D eigenvalue weighted by molar-refractivity contribution is -0.274. The first kappa shape index (κ1) is 21.1. The number of nitrogens with one attached hydrogen (secondary N) is 2. The van der Waals surface area contributed by atoms with Gasteiger partial charge in [-0.25, -0.2) is 5.01 Å². The largest absolute Gasteiger partial charge is 0.573 e. The van der Waals surface area contributed by atoms with Gasteiger partial charge in [-0.1, -0.05) is 23.4 Å². The topological polar surface area (TPSA) is 79.9 Å². The number of hydrazine groups is 1. The summed E-state index contributed by atoms with van der Waals surface area (Å²) in [6, 6.07) is 2.48. The van der Waals surface area contributed by atoms with Crippen LogP contribution in [-0.4, -0.2) is 41.9 Å². The molecule has 2 N–H and O–H groups in total. The van der Waals surface area contributed by atoms with Gasteiger partial charge in [0.05, 0.1) is 21.2 Å². The fourth-order valence-corrected chi connectivity index (χ4v) is 5.04. The molecule has 3 heterocycles. The molecule has 3 aliphatic rings. The van der Waals surface area contributed by atoms with Crippen molar-refractivity contribution in [1.29, 1.82) is 0 Å². The van der Waals surface area contributed by atoms with Gasteiger partial charge in [0.25, 0.3) is 5.91 Å². The van der Waals surface area contributed by atoms with Gasteiger partial charge in [-0.2, -0.15) is 0 Å². The molecule has 30 heavy (non-hydrogen) atoms. The van der Waals surface area contributed by atoms with Gasteiger partial charge in [0.1, 0.15) is 5.75 Å². The summed E-state index contributed by atoms with van der Waals surface area (Å²) in [5, 5.41) is 4.29. The highest BCUT2D eigenvalue weighted by molar-refractivity contribution is 8.04. The van der Waals surface area contributed by atoms with Crippen molar-refractivity contribution >= 4 is 40.9 Å². The van der Waals surface area contributed by atoms with Gasteiger partial charge in [-0.15, -0.1) is 13.2 Å². The van der Waals surface area contributed by atoms with E-state index in [2.05, 4.69) is 15.5 Å². The third-order valence-corrected chi connectivity index (χ3v) is 6.58. The van der Waals surface area contributed by atoms with E-state index < -0.39 is 23.6 Å². The highest BCUT2D eigenvalue weighted by Gasteiger charge is 2.49. The molecule has 1 aromatic rings. The van der Waals surface area contributed by atoms with Crippen LogP contribution in [0.5, 0.6) is 5.75 Å². The summed E-state index contributed by atoms with van der Waals surface area (Å²) in [6.45, 7) is 2.20. The number of anilines is 1. The van der Waals surface area contributed by atoms with Gasteiger partial charge in [0, 0.05) is 37.2 Å². The maximum Gasteiger partial charge on any atom is 0.573 e. The van der Waals surface area contributed by atoms with Crippen molar-refractivity contribution in [3.63, 3.8) is 0 Å². The summed E-state index contributed by atoms with van der Waals surface area (Å²) >= 11 is 6.98. The van der Waals surface area contributed by atoms with Crippen molar-refractivity contribution in [2.24, 2.45) is 0 Å². The molecule has 0 aliphatic carbocycles. The molecular weight excluding hydrogens is 447 g/mol. The number of thioether (sulfide) groups is 1. The van der Waals surface area contributed by atoms with E-state index in [0.717, 1.165) is 17.8 Å². The number of halogens is 4. The van der Waals surface area contributed by atoms with E-state index in [4.69, 9.17) is 16.3 Å². The number of nitrogens with zero attached hydrogens (tertiary/aromatic N) is 1. The lowest BCUT2D eigenvalue weighted by Crippen LogP contribution is -2.64. The second kappa shape index (κ2) is 7.54. The monoisotopic (exact) mass is 463 g/mol. The zero-order valence-corrected chi connectivity index (χ0v) is 17.3. The van der Waals surface area contributed by atoms with Crippen molar-refractivity contribution in [1.82, 2.24) is 10.4 Å². The van der Waals surface area contributed by atoms with Crippen LogP contribution in [0.4, 0.5) is 18.9 Å². The minimum atomic E-state index is -4.90. The molecule has 0 bridgehead atoms. The van der Waals surface area contributed by atoms with Crippen LogP contribution >= 0.6 is 23.4 Å². The van der Waals surface area contributed by atoms with Gasteiger partial charge in [-0.05, 0) is 25.0 Å². The smallest absolute Gasteiger partial charge is 0.404 e. The number of hydrogen-bond acceptors (Lipinski definition) is 6. The van der Waals surface area contributed by atoms with Crippen LogP contribution in [0.1, 0.15) is 26.2 Å². The number of carbonyl (C=O) groups is 2. The first-order chi connectivity index (χ1) is 14.1. The third kappa shape index (κ3) is 3.93. The Hall–Kier alpha value is -2.11. The molecule has 0 aromatic heterocycles. The van der Waals surface area contributed by atoms with Gasteiger partial charge in [0.15, 0.2) is 0 Å². The van der Waals surface area contributed by atoms with Gasteiger partial charge in [0.2, 0.25) is 5.91 Å². The number of rotatable bonds is 2. The van der Waals surface area contributed by atoms with Crippen LogP contribution in [0.3, 0.4) is 0 Å². The second-order valence-electron chi connectivity index (χ2n) is 7.18. The molecular formula is C18H17ClF3N3O4S. The van der Waals surface area contributed by atoms with Crippen molar-refractivity contribution in [2.45, 2.75) is 43.0 Å². The van der Waals surface area contributed by atoms with E-state index in [1.807, 2.05) is 0 Å². The average Bonchev–Trinajstić information content (AvgIpc) is 2.64. The molecule has 0 radical (unpaired) electrons. The molecule has 4 rings (SSSR count). The van der Waals surface area contributed by atoms with Gasteiger partial charge >= 0.3 is 6.36 Å². The van der Waals surface area contributed by atoms with Crippen LogP contribution in [0.2, 0.25) is 5.02 Å². The maximum absolute atomic E-state index is 13.3. The Bertz CT molecular complexity index is 947. The second-order valence-corrected chi connectivity index (χ2v) is 8.64. The highest BCUT2D eigenvalue weighted by Crippen LogP contribution is 2.50. The molecule has 2 amide bonds. The van der Waals surface area contributed by atoms with Crippen LogP contribution < -0.4 is 15.5 Å². The summed E-state index contributed by atoms with van der Waals surface area (Å²) in [7, 11) is 0. The first-order valence-corrected chi connectivity index (χ1v) is 10.2. The molecule has 162 valence electrons. The normalized spacial score (nSPS) is 20.4. The molecule has 1 fully saturated rings. The Morgan fingerprint density at radius 3 is 2.70 bits per heavy atom. The van der Waals surface area contributed by atoms with E-state index in [9.17, 15) is 22.8 Å². The molecule has 7 nitrogen and oxygen atoms in total. The Balaban J connectivity index is 1.70. The molecule has 1 saturated heterocycles. The molecule has 0 atom stereocenters. The predicted molar refractivity (Wildman–Crippen MR) is 103 cm³/mol. The van der Waals surface area contributed by atoms with Crippen LogP contribution in [0, 0.1) is 0 Å². The number of ether oxygens (including phenoxy) is 2. The first-order valence-electron chi connectivity index (χ1n) is 9.05. The van der Waals surface area contributed by atoms with Gasteiger partial charge in [-0.3, -0.25) is 15.0 Å². The van der Waals surface area contributed by atoms with Crippen LogP contribution in [-0.2, 0) is 14.3 Å². The van der Waals surface area contributed by atoms with E-state index >= 15 is 0 Å². The Morgan fingerprint density at radius 1 is 1.37 bits per heavy atom. The standard InChI is InChI=1S/C18H17ClF3N3O4S/c1-9(26)24-25-16(27)15-12(8-17(25)2-4-28-5-3-17)23-11-6-10(19)13(7-14(11)30-15)29-18(20,21)22/h6-7,23H,2-5,8H2,1H3,(H,24,26). The SMILES string of the molecule is CC(=O)NN1C(=O)C2=C(CC13CCOCC3)Nc1cc(Cl)c(OC(F)(F)F)cc1S2. The van der Waals surface area contributed by atoms with Gasteiger partial charge < -0.3 is 14.8 Å². The lowest BCUT2D eigenvalue weighted by atomic mass is 9.82. The van der Waals surface area contributed by atoms with Crippen LogP contribution in [0.25, 0.3) is 0 Å². The average molecular weight is 464 g/mol. The summed E-state index contributed by atoms with van der Waals surface area (Å²) in [6.07, 6.45) is -3.39. The summed E-state index contributed by atoms with van der Waals surface area (Å²) in [5.41, 5.74) is 3.10. The van der Waals surface area contributed by atoms with Crippen molar-refractivity contribution in [2.75, 3.05) is 18.5 Å². The minimum absolute atomic E-state index is 0.203. The fraction of sp³-hybridized carbons (Fsp3) is 0.444. The predicted octanol–water partition coefficient (Wildman–Crippen LogP) is 3.80. The number of carbonyl (C=O) groups excluding carboxylic acids is 2. The summed E-state index contributed by atoms with van der Waals surface area (Å²) in [5.74, 6) is -1.37. The maximum atomic E-state index is 13.3. The zero-order valence-electron chi connectivity index (χ0n) is 15.7. The molecule has 12 heteroatoms. The zero-order chi connectivity index (χ0) is 21.7. The van der Waals surface area contributed by atoms with Crippen molar-refractivity contribution in [3.8, 4) is 5.75 Å². The fourth-order valence-electron chi connectivity index (χ4n) is 3.81. The summed E-state index contributed by atoms with van der Waals surface area (Å²) in [4.78, 5) is 25.7. The third-order valence-electron chi connectivity index (χ3n) is 5.10. The van der Waals surface area contributed by atoms with E-state index in [-0.39, 0.29) is 10.9 Å². The Morgan fingerprint density at radius 2 is 2.07 bits per heavy atom. The number of fused-ring (bicyclic) bond motifs is 1. The molecule has 1 aromatic carbocycles. The number of amides is 2. The molecule has 3 aliphatic heterocycles. The van der Waals surface area contributed by atoms with E-state index in [1.165, 1.54) is 18.0 Å². The van der Waals surface area contributed by atoms with E-state index in [0.29, 0.717) is 53.7 Å². The Kier molecular flexibility index (Phi) is 5.31. The number of benzene rings is 1. The number of alkyl halides is 3. The van der Waals surface area contributed by atoms with Crippen molar-refractivity contribution < 1.29 is 32.2 Å².